The summed E-state index contributed by atoms with van der Waals surface area (Å²) in [6, 6.07) is 17.2. The van der Waals surface area contributed by atoms with Gasteiger partial charge in [0.05, 0.1) is 52.3 Å². The SMILES string of the molecule is CCc1cccc2cc(O)cc(-c3ncc4c(N5CC6CCC(C5)N6C(=O)OC(C)(C)C)nc(OCCN5CCC(C)(COc6cc([C@@H](C(=O)N7C[C@H](O)C[C@H]7C(=O)N[C@@H](C)c7ccc(-c8scnc8C)cc7)C(C)C)on6)CC5)nc4c3F)c12. The van der Waals surface area contributed by atoms with Crippen molar-refractivity contribution in [3.05, 3.63) is 101 Å². The van der Waals surface area contributed by atoms with Gasteiger partial charge in [0.1, 0.15) is 46.9 Å². The van der Waals surface area contributed by atoms with E-state index in [9.17, 15) is 24.6 Å². The number of hydrogen-bond donors (Lipinski definition) is 3. The van der Waals surface area contributed by atoms with Crippen LogP contribution in [0.1, 0.15) is 122 Å². The van der Waals surface area contributed by atoms with E-state index < -0.39 is 29.5 Å². The van der Waals surface area contributed by atoms with Crippen LogP contribution in [0.25, 0.3) is 43.4 Å². The molecular formula is C64H77FN10O9S. The lowest BCUT2D eigenvalue weighted by Crippen LogP contribution is -2.57. The number of halogens is 1. The molecule has 4 saturated heterocycles. The predicted octanol–water partition coefficient (Wildman–Crippen LogP) is 10.4. The summed E-state index contributed by atoms with van der Waals surface area (Å²) < 4.78 is 41.7. The fraction of sp³-hybridized carbons (Fsp3) is 0.500. The third-order valence-corrected chi connectivity index (χ3v) is 18.3. The molecule has 19 nitrogen and oxygen atoms in total. The Bertz CT molecular complexity index is 3590. The van der Waals surface area contributed by atoms with Gasteiger partial charge in [-0.05, 0) is 130 Å². The minimum atomic E-state index is -0.868. The van der Waals surface area contributed by atoms with Crippen LogP contribution in [0, 0.1) is 24.1 Å². The van der Waals surface area contributed by atoms with Crippen molar-refractivity contribution >= 4 is 56.7 Å². The molecule has 0 saturated carbocycles. The average molecular weight is 1180 g/mol. The molecule has 85 heavy (non-hydrogen) atoms. The van der Waals surface area contributed by atoms with Gasteiger partial charge in [0, 0.05) is 55.8 Å². The van der Waals surface area contributed by atoms with E-state index in [1.165, 1.54) is 4.90 Å². The molecule has 4 fully saturated rings. The van der Waals surface area contributed by atoms with Crippen molar-refractivity contribution in [3.63, 3.8) is 0 Å². The number of aliphatic hydroxyl groups excluding tert-OH is 1. The van der Waals surface area contributed by atoms with Crippen LogP contribution in [0.2, 0.25) is 0 Å². The molecule has 4 aliphatic heterocycles. The number of nitrogens with zero attached hydrogens (tertiary/aromatic N) is 9. The number of carbonyl (C=O) groups is 3. The Hall–Kier alpha value is -7.49. The van der Waals surface area contributed by atoms with E-state index in [0.29, 0.717) is 55.2 Å². The zero-order chi connectivity index (χ0) is 60.1. The number of aromatic hydroxyl groups is 1. The van der Waals surface area contributed by atoms with Gasteiger partial charge in [0.25, 0.3) is 5.88 Å². The molecule has 2 bridgehead atoms. The Kier molecular flexibility index (Phi) is 16.8. The number of phenolic OH excluding ortho intramolecular Hbond substituents is 1. The van der Waals surface area contributed by atoms with Gasteiger partial charge in [0.15, 0.2) is 11.6 Å². The molecule has 4 aromatic heterocycles. The summed E-state index contributed by atoms with van der Waals surface area (Å²) in [5.41, 5.74) is 5.46. The zero-order valence-corrected chi connectivity index (χ0v) is 50.7. The number of aromatic nitrogens is 5. The molecule has 3 amide bonds. The molecule has 7 aromatic rings. The quantitative estimate of drug-likeness (QED) is 0.0771. The monoisotopic (exact) mass is 1180 g/mol. The normalized spacial score (nSPS) is 20.5. The van der Waals surface area contributed by atoms with Gasteiger partial charge < -0.3 is 44.1 Å². The van der Waals surface area contributed by atoms with Crippen LogP contribution in [-0.2, 0) is 20.7 Å². The Morgan fingerprint density at radius 3 is 2.39 bits per heavy atom. The van der Waals surface area contributed by atoms with E-state index >= 15 is 4.39 Å². The highest BCUT2D eigenvalue weighted by Gasteiger charge is 2.46. The molecule has 3 N–H and O–H groups in total. The van der Waals surface area contributed by atoms with E-state index in [-0.39, 0.29) is 95.8 Å². The standard InChI is InChI=1S/C64H77FN10O9S/c1-10-39-12-11-13-42-26-45(76)27-47(53(39)42)55-54(65)56-48(30-66-55)58(73-31-43-18-19-44(32-73)75(43)62(80)83-63(6,7)8)70-61(69-56)81-25-24-72-22-20-64(9,21-23-72)34-82-51-29-50(84-71-51)52(36(2)3)60(79)74-33-46(77)28-49(74)59(78)68-37(4)40-14-16-41(17-15-40)57-38(5)67-35-85-57/h11-17,26-27,29-30,35-37,43-44,46,49,52,76-77H,10,18-25,28,31-34H2,1-9H3,(H,68,78)/t37-,43?,44?,46+,49-,52-/m0/s1. The molecule has 3 aromatic carbocycles. The van der Waals surface area contributed by atoms with Crippen LogP contribution in [0.15, 0.2) is 76.9 Å². The van der Waals surface area contributed by atoms with Crippen molar-refractivity contribution in [1.29, 1.82) is 0 Å². The highest BCUT2D eigenvalue weighted by atomic mass is 32.1. The Morgan fingerprint density at radius 1 is 0.965 bits per heavy atom. The van der Waals surface area contributed by atoms with Crippen LogP contribution in [0.4, 0.5) is 15.0 Å². The molecule has 0 aliphatic carbocycles. The summed E-state index contributed by atoms with van der Waals surface area (Å²) in [6.07, 6.45) is 4.41. The van der Waals surface area contributed by atoms with Gasteiger partial charge >= 0.3 is 12.1 Å². The van der Waals surface area contributed by atoms with Crippen LogP contribution in [0.5, 0.6) is 17.6 Å². The van der Waals surface area contributed by atoms with Crippen LogP contribution >= 0.6 is 11.3 Å². The lowest BCUT2D eigenvalue weighted by atomic mass is 9.81. The fourth-order valence-corrected chi connectivity index (χ4v) is 13.6. The number of β-amino-alcohol motifs (C(OH)–C–C–N with tert-alkyl or cyclic N) is 1. The van der Waals surface area contributed by atoms with Crippen LogP contribution in [0.3, 0.4) is 0 Å². The van der Waals surface area contributed by atoms with E-state index in [1.807, 2.05) is 108 Å². The van der Waals surface area contributed by atoms with Crippen LogP contribution in [-0.4, -0.2) is 150 Å². The lowest BCUT2D eigenvalue weighted by Gasteiger charge is -2.42. The third kappa shape index (κ3) is 12.5. The molecular weight excluding hydrogens is 1100 g/mol. The molecule has 21 heteroatoms. The second kappa shape index (κ2) is 24.1. The largest absolute Gasteiger partial charge is 0.508 e. The van der Waals surface area contributed by atoms with Crippen molar-refractivity contribution in [3.8, 4) is 39.3 Å². The number of fused-ring (bicyclic) bond motifs is 4. The number of carbonyl (C=O) groups excluding carboxylic acids is 3. The summed E-state index contributed by atoms with van der Waals surface area (Å²) in [5, 5.41) is 31.0. The summed E-state index contributed by atoms with van der Waals surface area (Å²) >= 11 is 1.58. The number of hydrogen-bond acceptors (Lipinski definition) is 17. The van der Waals surface area contributed by atoms with E-state index in [0.717, 1.165) is 76.8 Å². The number of piperazine rings is 1. The smallest absolute Gasteiger partial charge is 0.410 e. The highest BCUT2D eigenvalue weighted by Crippen LogP contribution is 2.42. The minimum absolute atomic E-state index is 0.00537. The molecule has 4 aliphatic rings. The molecule has 0 radical (unpaired) electrons. The predicted molar refractivity (Wildman–Crippen MR) is 322 cm³/mol. The first-order chi connectivity index (χ1) is 40.6. The molecule has 11 rings (SSSR count). The number of thiazole rings is 1. The van der Waals surface area contributed by atoms with Gasteiger partial charge in [-0.2, -0.15) is 9.97 Å². The van der Waals surface area contributed by atoms with Gasteiger partial charge in [0.2, 0.25) is 11.8 Å². The number of amides is 3. The topological polar surface area (TPSA) is 222 Å². The van der Waals surface area contributed by atoms with Crippen LogP contribution < -0.4 is 19.7 Å². The number of aryl methyl sites for hydroxylation is 2. The minimum Gasteiger partial charge on any atom is -0.508 e. The van der Waals surface area contributed by atoms with Gasteiger partial charge in [-0.15, -0.1) is 11.3 Å². The molecule has 8 heterocycles. The number of pyridine rings is 1. The average Bonchev–Trinajstić information content (AvgIpc) is 1.75. The summed E-state index contributed by atoms with van der Waals surface area (Å²) in [4.78, 5) is 69.3. The van der Waals surface area contributed by atoms with Gasteiger partial charge in [-0.1, -0.05) is 70.2 Å². The number of likely N-dealkylation sites (tertiary alicyclic amines) is 2. The van der Waals surface area contributed by atoms with Crippen molar-refractivity contribution in [2.75, 3.05) is 57.4 Å². The number of phenols is 1. The number of nitrogens with one attached hydrogen (secondary N) is 1. The Balaban J connectivity index is 0.729. The Morgan fingerprint density at radius 2 is 1.71 bits per heavy atom. The first-order valence-corrected chi connectivity index (χ1v) is 30.6. The number of aliphatic hydroxyl groups is 1. The maximum atomic E-state index is 17.4. The fourth-order valence-electron chi connectivity index (χ4n) is 12.8. The first-order valence-electron chi connectivity index (χ1n) is 29.8. The zero-order valence-electron chi connectivity index (χ0n) is 49.9. The maximum absolute atomic E-state index is 17.4. The van der Waals surface area contributed by atoms with Crippen molar-refractivity contribution in [2.24, 2.45) is 11.3 Å². The van der Waals surface area contributed by atoms with E-state index in [1.54, 1.807) is 35.7 Å². The number of piperidine rings is 1. The number of ether oxygens (including phenoxy) is 3. The van der Waals surface area contributed by atoms with Gasteiger partial charge in [-0.3, -0.25) is 24.4 Å². The highest BCUT2D eigenvalue weighted by molar-refractivity contribution is 7.13. The number of benzene rings is 3. The summed E-state index contributed by atoms with van der Waals surface area (Å²) in [6.45, 7) is 21.1. The van der Waals surface area contributed by atoms with E-state index in [2.05, 4.69) is 32.2 Å². The molecule has 6 atom stereocenters. The second-order valence-corrected chi connectivity index (χ2v) is 26.0. The van der Waals surface area contributed by atoms with E-state index in [4.69, 9.17) is 33.7 Å². The lowest BCUT2D eigenvalue weighted by molar-refractivity contribution is -0.141. The number of anilines is 1. The third-order valence-electron chi connectivity index (χ3n) is 17.4. The molecule has 450 valence electrons. The van der Waals surface area contributed by atoms with Gasteiger partial charge in [-0.25, -0.2) is 14.2 Å². The van der Waals surface area contributed by atoms with Crippen molar-refractivity contribution in [1.82, 2.24) is 45.1 Å². The molecule has 0 spiro atoms. The second-order valence-electron chi connectivity index (χ2n) is 25.1. The maximum Gasteiger partial charge on any atom is 0.410 e. The number of rotatable bonds is 17. The molecule has 2 unspecified atom stereocenters. The Labute approximate surface area is 498 Å². The van der Waals surface area contributed by atoms with Crippen molar-refractivity contribution in [2.45, 2.75) is 143 Å². The summed E-state index contributed by atoms with van der Waals surface area (Å²) in [5.74, 6) is -1.27. The first kappa shape index (κ1) is 59.2. The summed E-state index contributed by atoms with van der Waals surface area (Å²) in [7, 11) is 0. The van der Waals surface area contributed by atoms with Crippen molar-refractivity contribution < 1.29 is 47.7 Å².